The number of rotatable bonds is 6. The van der Waals surface area contributed by atoms with E-state index >= 15 is 0 Å². The molecular weight excluding hydrogens is 347 g/mol. The summed E-state index contributed by atoms with van der Waals surface area (Å²) < 4.78 is 23.6. The lowest BCUT2D eigenvalue weighted by molar-refractivity contribution is 0.102. The molecule has 0 saturated heterocycles. The number of benzene rings is 3. The number of anilines is 3. The summed E-state index contributed by atoms with van der Waals surface area (Å²) in [5, 5.41) is 5.92. The third-order valence-corrected chi connectivity index (χ3v) is 3.87. The number of methoxy groups -OCH3 is 2. The number of hydrogen-bond acceptors (Lipinski definition) is 4. The average Bonchev–Trinajstić information content (AvgIpc) is 2.69. The Labute approximate surface area is 156 Å². The third-order valence-electron chi connectivity index (χ3n) is 3.87. The summed E-state index contributed by atoms with van der Waals surface area (Å²) in [5.74, 6) is 0.485. The van der Waals surface area contributed by atoms with Crippen molar-refractivity contribution >= 4 is 23.0 Å². The molecule has 3 aromatic carbocycles. The fourth-order valence-electron chi connectivity index (χ4n) is 2.51. The molecule has 27 heavy (non-hydrogen) atoms. The molecule has 0 unspecified atom stereocenters. The van der Waals surface area contributed by atoms with Crippen molar-refractivity contribution in [2.75, 3.05) is 24.9 Å². The molecule has 0 aliphatic heterocycles. The second-order valence-electron chi connectivity index (χ2n) is 5.77. The number of hydrogen-bond donors (Lipinski definition) is 2. The van der Waals surface area contributed by atoms with Crippen molar-refractivity contribution in [2.45, 2.75) is 0 Å². The minimum absolute atomic E-state index is 0.280. The highest BCUT2D eigenvalue weighted by Gasteiger charge is 2.10. The molecule has 0 radical (unpaired) electrons. The van der Waals surface area contributed by atoms with Crippen molar-refractivity contribution in [1.82, 2.24) is 0 Å². The van der Waals surface area contributed by atoms with Crippen LogP contribution in [0.4, 0.5) is 21.5 Å². The van der Waals surface area contributed by atoms with E-state index in [1.54, 1.807) is 54.6 Å². The maximum absolute atomic E-state index is 13.2. The predicted octanol–water partition coefficient (Wildman–Crippen LogP) is 4.84. The summed E-state index contributed by atoms with van der Waals surface area (Å²) in [7, 11) is 3.06. The Bertz CT molecular complexity index is 920. The maximum atomic E-state index is 13.2. The van der Waals surface area contributed by atoms with Crippen LogP contribution in [-0.2, 0) is 0 Å². The van der Waals surface area contributed by atoms with Gasteiger partial charge in [-0.1, -0.05) is 6.07 Å². The van der Waals surface area contributed by atoms with E-state index in [0.29, 0.717) is 28.4 Å². The van der Waals surface area contributed by atoms with Gasteiger partial charge in [-0.3, -0.25) is 4.79 Å². The Morgan fingerprint density at radius 3 is 2.04 bits per heavy atom. The molecule has 138 valence electrons. The minimum atomic E-state index is -0.308. The molecule has 0 bridgehead atoms. The van der Waals surface area contributed by atoms with Gasteiger partial charge in [0.2, 0.25) is 0 Å². The zero-order valence-corrected chi connectivity index (χ0v) is 15.0. The van der Waals surface area contributed by atoms with Crippen molar-refractivity contribution in [3.8, 4) is 11.5 Å². The highest BCUT2D eigenvalue weighted by Crippen LogP contribution is 2.24. The van der Waals surface area contributed by atoms with Crippen LogP contribution in [0.25, 0.3) is 0 Å². The van der Waals surface area contributed by atoms with E-state index in [9.17, 15) is 9.18 Å². The van der Waals surface area contributed by atoms with Crippen LogP contribution in [-0.4, -0.2) is 20.1 Å². The van der Waals surface area contributed by atoms with Crippen molar-refractivity contribution in [3.05, 3.63) is 78.1 Å². The lowest BCUT2D eigenvalue weighted by Gasteiger charge is -2.10. The largest absolute Gasteiger partial charge is 0.497 e. The van der Waals surface area contributed by atoms with Gasteiger partial charge in [0.15, 0.2) is 0 Å². The SMILES string of the molecule is COc1cc(OC)cc(C(=O)Nc2ccc(Nc3cccc(F)c3)cc2)c1. The molecule has 0 saturated carbocycles. The van der Waals surface area contributed by atoms with Gasteiger partial charge < -0.3 is 20.1 Å². The lowest BCUT2D eigenvalue weighted by Crippen LogP contribution is -2.12. The number of carbonyl (C=O) groups is 1. The number of carbonyl (C=O) groups excluding carboxylic acids is 1. The quantitative estimate of drug-likeness (QED) is 0.655. The molecule has 3 aromatic rings. The van der Waals surface area contributed by atoms with Crippen molar-refractivity contribution in [1.29, 1.82) is 0 Å². The van der Waals surface area contributed by atoms with Crippen molar-refractivity contribution in [2.24, 2.45) is 0 Å². The molecule has 0 spiro atoms. The molecule has 0 aliphatic carbocycles. The van der Waals surface area contributed by atoms with Crippen molar-refractivity contribution < 1.29 is 18.7 Å². The summed E-state index contributed by atoms with van der Waals surface area (Å²) >= 11 is 0. The van der Waals surface area contributed by atoms with Crippen LogP contribution in [0.15, 0.2) is 66.7 Å². The molecule has 5 nitrogen and oxygen atoms in total. The molecular formula is C21H19FN2O3. The Balaban J connectivity index is 1.70. The molecule has 3 rings (SSSR count). The second-order valence-corrected chi connectivity index (χ2v) is 5.77. The Morgan fingerprint density at radius 2 is 1.44 bits per heavy atom. The fraction of sp³-hybridized carbons (Fsp3) is 0.0952. The normalized spacial score (nSPS) is 10.2. The van der Waals surface area contributed by atoms with E-state index in [-0.39, 0.29) is 11.7 Å². The molecule has 0 fully saturated rings. The van der Waals surface area contributed by atoms with Gasteiger partial charge in [0.05, 0.1) is 14.2 Å². The predicted molar refractivity (Wildman–Crippen MR) is 104 cm³/mol. The first-order chi connectivity index (χ1) is 13.1. The zero-order chi connectivity index (χ0) is 19.2. The fourth-order valence-corrected chi connectivity index (χ4v) is 2.51. The Hall–Kier alpha value is -3.54. The Morgan fingerprint density at radius 1 is 0.815 bits per heavy atom. The van der Waals surface area contributed by atoms with Crippen LogP contribution in [0.2, 0.25) is 0 Å². The van der Waals surface area contributed by atoms with E-state index in [2.05, 4.69) is 10.6 Å². The molecule has 0 heterocycles. The summed E-state index contributed by atoms with van der Waals surface area (Å²) in [6.07, 6.45) is 0. The van der Waals surface area contributed by atoms with E-state index in [1.807, 2.05) is 0 Å². The first-order valence-electron chi connectivity index (χ1n) is 8.24. The van der Waals surface area contributed by atoms with Crippen LogP contribution < -0.4 is 20.1 Å². The lowest BCUT2D eigenvalue weighted by atomic mass is 10.1. The number of halogens is 1. The minimum Gasteiger partial charge on any atom is -0.497 e. The van der Waals surface area contributed by atoms with Gasteiger partial charge >= 0.3 is 0 Å². The van der Waals surface area contributed by atoms with E-state index in [4.69, 9.17) is 9.47 Å². The van der Waals surface area contributed by atoms with Crippen LogP contribution in [0.5, 0.6) is 11.5 Å². The summed E-state index contributed by atoms with van der Waals surface area (Å²) in [4.78, 5) is 12.5. The summed E-state index contributed by atoms with van der Waals surface area (Å²) in [6.45, 7) is 0. The maximum Gasteiger partial charge on any atom is 0.255 e. The topological polar surface area (TPSA) is 59.6 Å². The average molecular weight is 366 g/mol. The van der Waals surface area contributed by atoms with Crippen LogP contribution in [0.1, 0.15) is 10.4 Å². The number of amides is 1. The molecule has 0 aliphatic rings. The van der Waals surface area contributed by atoms with E-state index < -0.39 is 0 Å². The Kier molecular flexibility index (Phi) is 5.56. The van der Waals surface area contributed by atoms with Gasteiger partial charge in [-0.25, -0.2) is 4.39 Å². The van der Waals surface area contributed by atoms with Gasteiger partial charge in [-0.2, -0.15) is 0 Å². The zero-order valence-electron chi connectivity index (χ0n) is 15.0. The molecule has 0 atom stereocenters. The molecule has 6 heteroatoms. The summed E-state index contributed by atoms with van der Waals surface area (Å²) in [6, 6.07) is 18.3. The molecule has 1 amide bonds. The van der Waals surface area contributed by atoms with E-state index in [1.165, 1.54) is 26.4 Å². The van der Waals surface area contributed by atoms with Gasteiger partial charge in [0.1, 0.15) is 17.3 Å². The van der Waals surface area contributed by atoms with E-state index in [0.717, 1.165) is 5.69 Å². The molecule has 2 N–H and O–H groups in total. The monoisotopic (exact) mass is 366 g/mol. The first kappa shape index (κ1) is 18.3. The standard InChI is InChI=1S/C21H19FN2O3/c1-26-19-10-14(11-20(13-19)27-2)21(25)24-17-8-6-16(7-9-17)23-18-5-3-4-15(22)12-18/h3-13,23H,1-2H3,(H,24,25). The van der Waals surface area contributed by atoms with Gasteiger partial charge in [-0.15, -0.1) is 0 Å². The van der Waals surface area contributed by atoms with Crippen LogP contribution in [0.3, 0.4) is 0 Å². The highest BCUT2D eigenvalue weighted by atomic mass is 19.1. The van der Waals surface area contributed by atoms with Crippen molar-refractivity contribution in [3.63, 3.8) is 0 Å². The summed E-state index contributed by atoms with van der Waals surface area (Å²) in [5.41, 5.74) is 2.48. The number of nitrogens with one attached hydrogen (secondary N) is 2. The number of ether oxygens (including phenoxy) is 2. The highest BCUT2D eigenvalue weighted by molar-refractivity contribution is 6.04. The smallest absolute Gasteiger partial charge is 0.255 e. The second kappa shape index (κ2) is 8.23. The van der Waals surface area contributed by atoms with Gasteiger partial charge in [0.25, 0.3) is 5.91 Å². The van der Waals surface area contributed by atoms with Gasteiger partial charge in [0, 0.05) is 28.7 Å². The first-order valence-corrected chi connectivity index (χ1v) is 8.24. The van der Waals surface area contributed by atoms with Gasteiger partial charge in [-0.05, 0) is 54.6 Å². The third kappa shape index (κ3) is 4.76. The molecule has 0 aromatic heterocycles. The van der Waals surface area contributed by atoms with Crippen LogP contribution in [0, 0.1) is 5.82 Å². The van der Waals surface area contributed by atoms with Crippen LogP contribution >= 0.6 is 0 Å².